The highest BCUT2D eigenvalue weighted by molar-refractivity contribution is 7.92. The van der Waals surface area contributed by atoms with Crippen LogP contribution in [0.2, 0.25) is 0 Å². The summed E-state index contributed by atoms with van der Waals surface area (Å²) < 4.78 is 59.1. The van der Waals surface area contributed by atoms with Crippen LogP contribution in [0.3, 0.4) is 0 Å². The maximum absolute atomic E-state index is 12.3. The Kier molecular flexibility index (Phi) is 4.09. The van der Waals surface area contributed by atoms with Crippen molar-refractivity contribution in [3.05, 3.63) is 24.3 Å². The minimum atomic E-state index is -5.35. The third-order valence-electron chi connectivity index (χ3n) is 2.29. The van der Waals surface area contributed by atoms with Gasteiger partial charge in [0.05, 0.1) is 11.4 Å². The lowest BCUT2D eigenvalue weighted by Gasteiger charge is -2.17. The van der Waals surface area contributed by atoms with E-state index >= 15 is 0 Å². The van der Waals surface area contributed by atoms with Crippen molar-refractivity contribution in [1.29, 1.82) is 0 Å². The van der Waals surface area contributed by atoms with Gasteiger partial charge in [-0.3, -0.25) is 4.79 Å². The second kappa shape index (κ2) is 5.08. The van der Waals surface area contributed by atoms with Gasteiger partial charge in [-0.2, -0.15) is 13.2 Å². The van der Waals surface area contributed by atoms with Crippen molar-refractivity contribution < 1.29 is 26.4 Å². The molecule has 0 atom stereocenters. The number of anilines is 1. The van der Waals surface area contributed by atoms with E-state index in [1.54, 1.807) is 0 Å². The van der Waals surface area contributed by atoms with Crippen LogP contribution in [-0.4, -0.2) is 33.4 Å². The number of rotatable bonds is 4. The molecular weight excluding hydrogens is 285 g/mol. The molecule has 0 fully saturated rings. The SMILES string of the molecule is CN(CC(N)=O)c1ccc(S(=O)(=O)C(F)(F)F)cc1. The van der Waals surface area contributed by atoms with Crippen LogP contribution in [0.4, 0.5) is 18.9 Å². The first-order valence-electron chi connectivity index (χ1n) is 4.96. The van der Waals surface area contributed by atoms with Gasteiger partial charge in [-0.25, -0.2) is 8.42 Å². The average molecular weight is 296 g/mol. The van der Waals surface area contributed by atoms with E-state index in [4.69, 9.17) is 5.73 Å². The Morgan fingerprint density at radius 3 is 2.11 bits per heavy atom. The monoisotopic (exact) mass is 296 g/mol. The Labute approximate surface area is 107 Å². The van der Waals surface area contributed by atoms with Crippen LogP contribution in [0.5, 0.6) is 0 Å². The molecule has 9 heteroatoms. The van der Waals surface area contributed by atoms with Gasteiger partial charge in [0.1, 0.15) is 0 Å². The molecule has 5 nitrogen and oxygen atoms in total. The molecule has 1 aromatic rings. The predicted octanol–water partition coefficient (Wildman–Crippen LogP) is 0.902. The van der Waals surface area contributed by atoms with Gasteiger partial charge in [0.2, 0.25) is 5.91 Å². The number of halogens is 3. The van der Waals surface area contributed by atoms with E-state index in [9.17, 15) is 26.4 Å². The number of alkyl halides is 3. The first-order valence-corrected chi connectivity index (χ1v) is 6.45. The Bertz CT molecular complexity index is 567. The molecule has 0 spiro atoms. The van der Waals surface area contributed by atoms with Gasteiger partial charge in [0, 0.05) is 12.7 Å². The summed E-state index contributed by atoms with van der Waals surface area (Å²) in [5.74, 6) is -0.616. The van der Waals surface area contributed by atoms with Gasteiger partial charge in [-0.1, -0.05) is 0 Å². The van der Waals surface area contributed by atoms with Crippen LogP contribution in [0.15, 0.2) is 29.2 Å². The third-order valence-corrected chi connectivity index (χ3v) is 3.79. The van der Waals surface area contributed by atoms with E-state index in [1.165, 1.54) is 24.1 Å². The molecular formula is C10H11F3N2O3S. The number of nitrogens with two attached hydrogens (primary N) is 1. The van der Waals surface area contributed by atoms with Gasteiger partial charge >= 0.3 is 5.51 Å². The number of likely N-dealkylation sites (N-methyl/N-ethyl adjacent to an activating group) is 1. The minimum Gasteiger partial charge on any atom is -0.368 e. The molecule has 19 heavy (non-hydrogen) atoms. The summed E-state index contributed by atoms with van der Waals surface area (Å²) in [6.07, 6.45) is 0. The fraction of sp³-hybridized carbons (Fsp3) is 0.300. The van der Waals surface area contributed by atoms with Crippen molar-refractivity contribution in [1.82, 2.24) is 0 Å². The van der Waals surface area contributed by atoms with Crippen LogP contribution in [0.25, 0.3) is 0 Å². The second-order valence-electron chi connectivity index (χ2n) is 3.77. The molecule has 2 N–H and O–H groups in total. The summed E-state index contributed by atoms with van der Waals surface area (Å²) in [6.45, 7) is -0.134. The number of hydrogen-bond acceptors (Lipinski definition) is 4. The van der Waals surface area contributed by atoms with E-state index in [-0.39, 0.29) is 6.54 Å². The number of carbonyl (C=O) groups is 1. The summed E-state index contributed by atoms with van der Waals surface area (Å²) in [6, 6.07) is 3.99. The fourth-order valence-corrected chi connectivity index (χ4v) is 2.10. The molecule has 0 aromatic heterocycles. The van der Waals surface area contributed by atoms with Gasteiger partial charge in [-0.05, 0) is 24.3 Å². The van der Waals surface area contributed by atoms with E-state index in [1.807, 2.05) is 0 Å². The molecule has 0 aliphatic heterocycles. The highest BCUT2D eigenvalue weighted by atomic mass is 32.2. The quantitative estimate of drug-likeness (QED) is 0.895. The van der Waals surface area contributed by atoms with Crippen molar-refractivity contribution in [3.63, 3.8) is 0 Å². The first-order chi connectivity index (χ1) is 8.55. The predicted molar refractivity (Wildman–Crippen MR) is 62.1 cm³/mol. The molecule has 106 valence electrons. The molecule has 0 aliphatic rings. The average Bonchev–Trinajstić information content (AvgIpc) is 2.26. The number of sulfone groups is 1. The summed E-state index contributed by atoms with van der Waals surface area (Å²) in [4.78, 5) is 11.2. The van der Waals surface area contributed by atoms with E-state index in [2.05, 4.69) is 0 Å². The van der Waals surface area contributed by atoms with Crippen LogP contribution in [0.1, 0.15) is 0 Å². The molecule has 0 radical (unpaired) electrons. The smallest absolute Gasteiger partial charge is 0.368 e. The van der Waals surface area contributed by atoms with Gasteiger partial charge in [0.15, 0.2) is 0 Å². The molecule has 0 aliphatic carbocycles. The second-order valence-corrected chi connectivity index (χ2v) is 5.71. The van der Waals surface area contributed by atoms with Crippen molar-refractivity contribution >= 4 is 21.4 Å². The summed E-state index contributed by atoms with van der Waals surface area (Å²) >= 11 is 0. The summed E-state index contributed by atoms with van der Waals surface area (Å²) in [5, 5.41) is 0. The zero-order chi connectivity index (χ0) is 14.8. The van der Waals surface area contributed by atoms with Crippen LogP contribution in [0, 0.1) is 0 Å². The molecule has 0 saturated carbocycles. The molecule has 1 amide bonds. The van der Waals surface area contributed by atoms with E-state index in [0.29, 0.717) is 5.69 Å². The van der Waals surface area contributed by atoms with Crippen molar-refractivity contribution in [3.8, 4) is 0 Å². The summed E-state index contributed by atoms with van der Waals surface area (Å²) in [7, 11) is -3.85. The number of nitrogens with zero attached hydrogens (tertiary/aromatic N) is 1. The number of carbonyl (C=O) groups excluding carboxylic acids is 1. The molecule has 0 saturated heterocycles. The van der Waals surface area contributed by atoms with Crippen molar-refractivity contribution in [2.75, 3.05) is 18.5 Å². The lowest BCUT2D eigenvalue weighted by atomic mass is 10.3. The van der Waals surface area contributed by atoms with Gasteiger partial charge in [0.25, 0.3) is 9.84 Å². The lowest BCUT2D eigenvalue weighted by molar-refractivity contribution is -0.116. The first kappa shape index (κ1) is 15.3. The topological polar surface area (TPSA) is 80.5 Å². The number of amides is 1. The fourth-order valence-electron chi connectivity index (χ4n) is 1.34. The maximum Gasteiger partial charge on any atom is 0.501 e. The molecule has 0 heterocycles. The van der Waals surface area contributed by atoms with E-state index in [0.717, 1.165) is 12.1 Å². The highest BCUT2D eigenvalue weighted by Gasteiger charge is 2.46. The van der Waals surface area contributed by atoms with Crippen LogP contribution in [-0.2, 0) is 14.6 Å². The van der Waals surface area contributed by atoms with Crippen LogP contribution >= 0.6 is 0 Å². The minimum absolute atomic E-state index is 0.134. The van der Waals surface area contributed by atoms with E-state index < -0.39 is 26.1 Å². The largest absolute Gasteiger partial charge is 0.501 e. The molecule has 0 unspecified atom stereocenters. The maximum atomic E-state index is 12.3. The van der Waals surface area contributed by atoms with Crippen molar-refractivity contribution in [2.24, 2.45) is 5.73 Å². The Morgan fingerprint density at radius 1 is 1.26 bits per heavy atom. The zero-order valence-corrected chi connectivity index (χ0v) is 10.6. The van der Waals surface area contributed by atoms with Crippen molar-refractivity contribution in [2.45, 2.75) is 10.4 Å². The van der Waals surface area contributed by atoms with Crippen LogP contribution < -0.4 is 10.6 Å². The number of hydrogen-bond donors (Lipinski definition) is 1. The Hall–Kier alpha value is -1.77. The zero-order valence-electron chi connectivity index (χ0n) is 9.81. The van der Waals surface area contributed by atoms with Gasteiger partial charge in [-0.15, -0.1) is 0 Å². The number of primary amides is 1. The Balaban J connectivity index is 3.04. The lowest BCUT2D eigenvalue weighted by Crippen LogP contribution is -2.30. The standard InChI is InChI=1S/C10H11F3N2O3S/c1-15(6-9(14)16)7-2-4-8(5-3-7)19(17,18)10(11,12)13/h2-5H,6H2,1H3,(H2,14,16). The highest BCUT2D eigenvalue weighted by Crippen LogP contribution is 2.30. The number of benzene rings is 1. The molecule has 1 rings (SSSR count). The normalized spacial score (nSPS) is 12.2. The summed E-state index contributed by atoms with van der Waals surface area (Å²) in [5.41, 5.74) is -0.00300. The molecule has 0 bridgehead atoms. The third kappa shape index (κ3) is 3.37. The molecule has 1 aromatic carbocycles. The van der Waals surface area contributed by atoms with Gasteiger partial charge < -0.3 is 10.6 Å². The Morgan fingerprint density at radius 2 is 1.74 bits per heavy atom.